The molecule has 7 atom stereocenters. The number of rotatable bonds is 0. The van der Waals surface area contributed by atoms with Crippen molar-refractivity contribution in [1.29, 1.82) is 0 Å². The van der Waals surface area contributed by atoms with E-state index in [1.807, 2.05) is 0 Å². The van der Waals surface area contributed by atoms with Crippen LogP contribution in [0.5, 0.6) is 17.2 Å². The van der Waals surface area contributed by atoms with Crippen LogP contribution < -0.4 is 14.8 Å². The number of aliphatic hydroxyl groups is 2. The van der Waals surface area contributed by atoms with Crippen LogP contribution in [0.2, 0.25) is 0 Å². The van der Waals surface area contributed by atoms with Crippen LogP contribution in [-0.4, -0.2) is 65.1 Å². The lowest BCUT2D eigenvalue weighted by Gasteiger charge is -2.46. The van der Waals surface area contributed by atoms with Gasteiger partial charge in [0.25, 0.3) is 5.91 Å². The summed E-state index contributed by atoms with van der Waals surface area (Å²) in [5.74, 6) is -1.51. The van der Waals surface area contributed by atoms with Gasteiger partial charge in [0, 0.05) is 12.6 Å². The van der Waals surface area contributed by atoms with Crippen LogP contribution >= 0.6 is 7.60 Å². The molecule has 1 saturated heterocycles. The summed E-state index contributed by atoms with van der Waals surface area (Å²) in [6, 6.07) is 0.708. The van der Waals surface area contributed by atoms with Crippen molar-refractivity contribution in [2.75, 3.05) is 13.5 Å². The van der Waals surface area contributed by atoms with Gasteiger partial charge in [-0.05, 0) is 11.6 Å². The molecule has 1 aliphatic carbocycles. The van der Waals surface area contributed by atoms with Crippen LogP contribution in [0.1, 0.15) is 21.8 Å². The monoisotopic (exact) mass is 385 g/mol. The number of phenolic OH excluding ortho intramolecular Hbond substituents is 1. The molecule has 5 rings (SSSR count). The van der Waals surface area contributed by atoms with Gasteiger partial charge < -0.3 is 34.6 Å². The van der Waals surface area contributed by atoms with E-state index in [9.17, 15) is 24.7 Å². The topological polar surface area (TPSA) is 144 Å². The van der Waals surface area contributed by atoms with Gasteiger partial charge in [-0.1, -0.05) is 0 Å². The second-order valence-corrected chi connectivity index (χ2v) is 8.81. The maximum absolute atomic E-state index is 12.6. The first kappa shape index (κ1) is 16.3. The number of phenols is 1. The molecular weight excluding hydrogens is 369 g/mol. The summed E-state index contributed by atoms with van der Waals surface area (Å²) < 4.78 is 33.4. The van der Waals surface area contributed by atoms with Crippen molar-refractivity contribution in [3.8, 4) is 17.2 Å². The minimum absolute atomic E-state index is 0.0552. The van der Waals surface area contributed by atoms with Gasteiger partial charge in [-0.25, -0.2) is 0 Å². The molecule has 1 aromatic rings. The fraction of sp³-hybridized carbons (Fsp3) is 0.533. The van der Waals surface area contributed by atoms with E-state index in [4.69, 9.17) is 18.5 Å². The van der Waals surface area contributed by atoms with Crippen LogP contribution in [0, 0.1) is 0 Å². The third-order valence-corrected chi connectivity index (χ3v) is 6.55. The smallest absolute Gasteiger partial charge is 0.328 e. The van der Waals surface area contributed by atoms with Gasteiger partial charge in [-0.3, -0.25) is 13.9 Å². The van der Waals surface area contributed by atoms with Crippen molar-refractivity contribution in [2.24, 2.45) is 0 Å². The number of nitrogens with one attached hydrogen (secondary N) is 1. The molecule has 0 aromatic heterocycles. The summed E-state index contributed by atoms with van der Waals surface area (Å²) in [6.07, 6.45) is -4.67. The maximum atomic E-state index is 12.6. The molecule has 1 saturated carbocycles. The standard InChI is InChI=1S/C15H16NO9P/c1-26(21)24-13-8-6(9(17)11(19)14(13)25-26)4-2-5-12(23-3-22-5)10(18)7(4)15(20)16-8/h2,6,8-9,11,13-14,17-19H,3H2,1H3,(H,16,20)/t6-,8-,9-,11+,13+,14-,26?/m1/s1. The minimum atomic E-state index is -3.42. The van der Waals surface area contributed by atoms with Crippen molar-refractivity contribution >= 4 is 13.5 Å². The molecule has 0 bridgehead atoms. The van der Waals surface area contributed by atoms with Crippen molar-refractivity contribution in [3.63, 3.8) is 0 Å². The zero-order valence-corrected chi connectivity index (χ0v) is 14.4. The van der Waals surface area contributed by atoms with E-state index in [1.165, 1.54) is 12.7 Å². The first-order valence-electron chi connectivity index (χ1n) is 8.05. The molecule has 11 heteroatoms. The van der Waals surface area contributed by atoms with Gasteiger partial charge in [0.05, 0.1) is 17.7 Å². The fourth-order valence-electron chi connectivity index (χ4n) is 4.26. The average molecular weight is 385 g/mol. The number of aliphatic hydroxyl groups excluding tert-OH is 2. The lowest BCUT2D eigenvalue weighted by Crippen LogP contribution is -2.65. The van der Waals surface area contributed by atoms with Gasteiger partial charge in [-0.2, -0.15) is 0 Å². The number of benzene rings is 1. The predicted octanol–water partition coefficient (Wildman–Crippen LogP) is -0.341. The van der Waals surface area contributed by atoms with Gasteiger partial charge in [0.1, 0.15) is 18.3 Å². The third-order valence-electron chi connectivity index (χ3n) is 5.30. The molecule has 1 amide bonds. The second-order valence-electron chi connectivity index (χ2n) is 6.84. The van der Waals surface area contributed by atoms with Gasteiger partial charge in [0.15, 0.2) is 11.5 Å². The molecule has 1 unspecified atom stereocenters. The Morgan fingerprint density at radius 1 is 1.19 bits per heavy atom. The number of carbonyl (C=O) groups is 1. The Bertz CT molecular complexity index is 873. The van der Waals surface area contributed by atoms with Crippen LogP contribution in [0.3, 0.4) is 0 Å². The molecule has 2 fully saturated rings. The van der Waals surface area contributed by atoms with Crippen LogP contribution in [0.25, 0.3) is 0 Å². The first-order valence-corrected chi connectivity index (χ1v) is 10.0. The Morgan fingerprint density at radius 3 is 2.69 bits per heavy atom. The number of hydrogen-bond donors (Lipinski definition) is 4. The number of ether oxygens (including phenoxy) is 2. The molecular formula is C15H16NO9P. The summed E-state index contributed by atoms with van der Waals surface area (Å²) in [5.41, 5.74) is 0.241. The van der Waals surface area contributed by atoms with Crippen LogP contribution in [-0.2, 0) is 13.6 Å². The maximum Gasteiger partial charge on any atom is 0.328 e. The Balaban J connectivity index is 1.67. The van der Waals surface area contributed by atoms with Crippen molar-refractivity contribution in [2.45, 2.75) is 36.4 Å². The summed E-state index contributed by atoms with van der Waals surface area (Å²) in [7, 11) is -3.42. The molecule has 3 aliphatic heterocycles. The number of hydrogen-bond acceptors (Lipinski definition) is 9. The van der Waals surface area contributed by atoms with Crippen molar-refractivity contribution in [1.82, 2.24) is 5.32 Å². The number of fused-ring (bicyclic) bond motifs is 6. The first-order chi connectivity index (χ1) is 12.3. The molecule has 26 heavy (non-hydrogen) atoms. The van der Waals surface area contributed by atoms with Crippen molar-refractivity contribution < 1.29 is 43.2 Å². The SMILES string of the molecule is CP1(=O)O[C@@H]2[C@@H](O)[C@H](O)[C@@H]3c4cc5c(c(O)c4C(=O)N[C@H]3[C@@H]2O1)OCO5. The van der Waals surface area contributed by atoms with E-state index in [0.717, 1.165) is 0 Å². The van der Waals surface area contributed by atoms with Gasteiger partial charge in [0.2, 0.25) is 12.5 Å². The Hall–Kier alpha value is -1.84. The Morgan fingerprint density at radius 2 is 1.92 bits per heavy atom. The van der Waals surface area contributed by atoms with Crippen molar-refractivity contribution in [3.05, 3.63) is 17.2 Å². The zero-order valence-electron chi connectivity index (χ0n) is 13.5. The van der Waals surface area contributed by atoms with E-state index in [1.54, 1.807) is 0 Å². The van der Waals surface area contributed by atoms with Gasteiger partial charge >= 0.3 is 7.60 Å². The highest BCUT2D eigenvalue weighted by atomic mass is 31.2. The Kier molecular flexibility index (Phi) is 3.21. The normalized spacial score (nSPS) is 42.7. The molecule has 4 N–H and O–H groups in total. The fourth-order valence-corrected chi connectivity index (χ4v) is 5.69. The highest BCUT2D eigenvalue weighted by Gasteiger charge is 2.60. The molecule has 3 heterocycles. The van der Waals surface area contributed by atoms with Crippen LogP contribution in [0.15, 0.2) is 6.07 Å². The van der Waals surface area contributed by atoms with E-state index >= 15 is 0 Å². The van der Waals surface area contributed by atoms with Crippen LogP contribution in [0.4, 0.5) is 0 Å². The average Bonchev–Trinajstić information content (AvgIpc) is 3.16. The highest BCUT2D eigenvalue weighted by molar-refractivity contribution is 7.53. The van der Waals surface area contributed by atoms with Gasteiger partial charge in [-0.15, -0.1) is 0 Å². The summed E-state index contributed by atoms with van der Waals surface area (Å²) in [5, 5.41) is 34.3. The molecule has 10 nitrogen and oxygen atoms in total. The van der Waals surface area contributed by atoms with E-state index < -0.39 is 49.9 Å². The van der Waals surface area contributed by atoms with E-state index in [0.29, 0.717) is 5.56 Å². The zero-order chi connectivity index (χ0) is 18.4. The predicted molar refractivity (Wildman–Crippen MR) is 83.5 cm³/mol. The molecule has 0 spiro atoms. The highest BCUT2D eigenvalue weighted by Crippen LogP contribution is 2.59. The summed E-state index contributed by atoms with van der Waals surface area (Å²) in [4.78, 5) is 12.6. The summed E-state index contributed by atoms with van der Waals surface area (Å²) in [6.45, 7) is 1.16. The summed E-state index contributed by atoms with van der Waals surface area (Å²) >= 11 is 0. The lowest BCUT2D eigenvalue weighted by molar-refractivity contribution is -0.111. The molecule has 140 valence electrons. The van der Waals surface area contributed by atoms with E-state index in [-0.39, 0.29) is 29.6 Å². The number of aromatic hydroxyl groups is 1. The van der Waals surface area contributed by atoms with E-state index in [2.05, 4.69) is 5.32 Å². The largest absolute Gasteiger partial charge is 0.504 e. The minimum Gasteiger partial charge on any atom is -0.504 e. The Labute approximate surface area is 147 Å². The number of carbonyl (C=O) groups excluding carboxylic acids is 1. The molecule has 4 aliphatic rings. The molecule has 1 aromatic carbocycles. The lowest BCUT2D eigenvalue weighted by atomic mass is 9.70. The third kappa shape index (κ3) is 2.02. The second kappa shape index (κ2) is 5.11. The molecule has 0 radical (unpaired) electrons. The quantitative estimate of drug-likeness (QED) is 0.441. The number of amides is 1.